The Kier molecular flexibility index (Phi) is 6.76. The summed E-state index contributed by atoms with van der Waals surface area (Å²) in [5.74, 6) is -0.997. The maximum atomic E-state index is 13.2. The zero-order valence-corrected chi connectivity index (χ0v) is 16.4. The number of rotatable bonds is 5. The second kappa shape index (κ2) is 9.00. The van der Waals surface area contributed by atoms with Crippen molar-refractivity contribution in [2.24, 2.45) is 5.92 Å². The van der Waals surface area contributed by atoms with Crippen LogP contribution >= 0.6 is 0 Å². The van der Waals surface area contributed by atoms with Gasteiger partial charge < -0.3 is 14.3 Å². The SMILES string of the molecule is CC(O[C@H]1OCC[C@@H](C=O)[C@@H]1c1ccccc1)c1cc(C(F)(F)F)cc(C(F)(F)F)c1. The third-order valence-corrected chi connectivity index (χ3v) is 5.26. The Bertz CT molecular complexity index is 862. The smallest absolute Gasteiger partial charge is 0.352 e. The second-order valence-electron chi connectivity index (χ2n) is 7.38. The van der Waals surface area contributed by atoms with Crippen LogP contribution in [0.4, 0.5) is 26.3 Å². The standard InChI is InChI=1S/C22H20F6O3/c1-13(16-9-17(21(23,24)25)11-18(10-16)22(26,27)28)31-20-19(14-5-3-2-4-6-14)15(12-29)7-8-30-20/h2-6,9-13,15,19-20H,7-8H2,1H3/t13?,15-,19-,20+/m0/s1. The van der Waals surface area contributed by atoms with Crippen molar-refractivity contribution in [1.82, 2.24) is 0 Å². The molecule has 2 aromatic carbocycles. The van der Waals surface area contributed by atoms with Gasteiger partial charge in [-0.1, -0.05) is 30.3 Å². The van der Waals surface area contributed by atoms with Gasteiger partial charge in [-0.3, -0.25) is 0 Å². The minimum Gasteiger partial charge on any atom is -0.352 e. The normalized spacial score (nSPS) is 23.4. The van der Waals surface area contributed by atoms with Crippen molar-refractivity contribution in [1.29, 1.82) is 0 Å². The summed E-state index contributed by atoms with van der Waals surface area (Å²) in [7, 11) is 0. The summed E-state index contributed by atoms with van der Waals surface area (Å²) in [5, 5.41) is 0. The van der Waals surface area contributed by atoms with Gasteiger partial charge in [0.15, 0.2) is 6.29 Å². The fraction of sp³-hybridized carbons (Fsp3) is 0.409. The van der Waals surface area contributed by atoms with Crippen molar-refractivity contribution < 1.29 is 40.6 Å². The lowest BCUT2D eigenvalue weighted by Gasteiger charge is -2.37. The molecule has 1 heterocycles. The lowest BCUT2D eigenvalue weighted by atomic mass is 9.82. The summed E-state index contributed by atoms with van der Waals surface area (Å²) >= 11 is 0. The number of hydrogen-bond donors (Lipinski definition) is 0. The van der Waals surface area contributed by atoms with Crippen LogP contribution in [0.5, 0.6) is 0 Å². The molecule has 9 heteroatoms. The Labute approximate surface area is 175 Å². The molecule has 0 aromatic heterocycles. The van der Waals surface area contributed by atoms with E-state index in [1.807, 2.05) is 0 Å². The van der Waals surface area contributed by atoms with Gasteiger partial charge in [-0.25, -0.2) is 0 Å². The maximum absolute atomic E-state index is 13.2. The Morgan fingerprint density at radius 1 is 1.00 bits per heavy atom. The molecule has 1 unspecified atom stereocenters. The molecular weight excluding hydrogens is 426 g/mol. The van der Waals surface area contributed by atoms with Gasteiger partial charge in [-0.2, -0.15) is 26.3 Å². The van der Waals surface area contributed by atoms with E-state index in [9.17, 15) is 31.1 Å². The zero-order valence-electron chi connectivity index (χ0n) is 16.4. The molecule has 3 nitrogen and oxygen atoms in total. The maximum Gasteiger partial charge on any atom is 0.416 e. The average molecular weight is 446 g/mol. The molecule has 0 bridgehead atoms. The fourth-order valence-electron chi connectivity index (χ4n) is 3.65. The van der Waals surface area contributed by atoms with Crippen LogP contribution in [0.3, 0.4) is 0 Å². The molecule has 0 radical (unpaired) electrons. The van der Waals surface area contributed by atoms with E-state index < -0.39 is 47.7 Å². The Morgan fingerprint density at radius 2 is 1.58 bits per heavy atom. The minimum absolute atomic E-state index is 0.0719. The number of ether oxygens (including phenoxy) is 2. The van der Waals surface area contributed by atoms with Crippen LogP contribution in [0.15, 0.2) is 48.5 Å². The van der Waals surface area contributed by atoms with Gasteiger partial charge in [0.05, 0.1) is 23.8 Å². The number of benzene rings is 2. The first-order chi connectivity index (χ1) is 14.5. The molecule has 4 atom stereocenters. The molecule has 1 aliphatic rings. The van der Waals surface area contributed by atoms with Crippen LogP contribution in [0, 0.1) is 5.92 Å². The van der Waals surface area contributed by atoms with Crippen molar-refractivity contribution in [3.05, 3.63) is 70.8 Å². The molecule has 0 saturated carbocycles. The number of hydrogen-bond acceptors (Lipinski definition) is 3. The van der Waals surface area contributed by atoms with Crippen molar-refractivity contribution >= 4 is 6.29 Å². The molecule has 1 aliphatic heterocycles. The second-order valence-corrected chi connectivity index (χ2v) is 7.38. The molecule has 1 saturated heterocycles. The van der Waals surface area contributed by atoms with E-state index in [-0.39, 0.29) is 18.2 Å². The first-order valence-electron chi connectivity index (χ1n) is 9.57. The molecule has 2 aromatic rings. The van der Waals surface area contributed by atoms with E-state index in [0.717, 1.165) is 11.8 Å². The Hall–Kier alpha value is -2.39. The number of aldehydes is 1. The Morgan fingerprint density at radius 3 is 2.10 bits per heavy atom. The van der Waals surface area contributed by atoms with Crippen LogP contribution in [0.2, 0.25) is 0 Å². The minimum atomic E-state index is -4.95. The summed E-state index contributed by atoms with van der Waals surface area (Å²) < 4.78 is 90.4. The van der Waals surface area contributed by atoms with Crippen molar-refractivity contribution in [3.8, 4) is 0 Å². The third-order valence-electron chi connectivity index (χ3n) is 5.26. The molecular formula is C22H20F6O3. The average Bonchev–Trinajstić information content (AvgIpc) is 2.72. The number of carbonyl (C=O) groups excluding carboxylic acids is 1. The summed E-state index contributed by atoms with van der Waals surface area (Å²) in [6.45, 7) is 1.53. The Balaban J connectivity index is 1.93. The highest BCUT2D eigenvalue weighted by Crippen LogP contribution is 2.40. The van der Waals surface area contributed by atoms with Crippen LogP contribution in [-0.4, -0.2) is 19.2 Å². The van der Waals surface area contributed by atoms with E-state index in [1.165, 1.54) is 6.92 Å². The van der Waals surface area contributed by atoms with Gasteiger partial charge in [0.2, 0.25) is 0 Å². The van der Waals surface area contributed by atoms with E-state index in [0.29, 0.717) is 18.6 Å². The van der Waals surface area contributed by atoms with Gasteiger partial charge in [0, 0.05) is 11.8 Å². The molecule has 0 spiro atoms. The summed E-state index contributed by atoms with van der Waals surface area (Å²) in [6.07, 6.45) is -10.9. The third kappa shape index (κ3) is 5.46. The largest absolute Gasteiger partial charge is 0.416 e. The fourth-order valence-corrected chi connectivity index (χ4v) is 3.65. The predicted octanol–water partition coefficient (Wildman–Crippen LogP) is 6.15. The van der Waals surface area contributed by atoms with E-state index >= 15 is 0 Å². The van der Waals surface area contributed by atoms with Gasteiger partial charge in [0.25, 0.3) is 0 Å². The first kappa shape index (κ1) is 23.3. The van der Waals surface area contributed by atoms with Crippen molar-refractivity contribution in [2.45, 2.75) is 44.0 Å². The molecule has 0 amide bonds. The van der Waals surface area contributed by atoms with Gasteiger partial charge in [0.1, 0.15) is 6.29 Å². The summed E-state index contributed by atoms with van der Waals surface area (Å²) in [6, 6.07) is 10.2. The molecule has 0 aliphatic carbocycles. The van der Waals surface area contributed by atoms with Crippen LogP contribution in [0.25, 0.3) is 0 Å². The highest BCUT2D eigenvalue weighted by Gasteiger charge is 2.39. The first-order valence-corrected chi connectivity index (χ1v) is 9.57. The molecule has 168 valence electrons. The van der Waals surface area contributed by atoms with Crippen LogP contribution in [-0.2, 0) is 26.6 Å². The summed E-state index contributed by atoms with van der Waals surface area (Å²) in [4.78, 5) is 11.6. The van der Waals surface area contributed by atoms with Gasteiger partial charge >= 0.3 is 12.4 Å². The number of halogens is 6. The van der Waals surface area contributed by atoms with Crippen molar-refractivity contribution in [3.63, 3.8) is 0 Å². The lowest BCUT2D eigenvalue weighted by molar-refractivity contribution is -0.207. The van der Waals surface area contributed by atoms with E-state index in [4.69, 9.17) is 9.47 Å². The highest BCUT2D eigenvalue weighted by molar-refractivity contribution is 5.56. The molecule has 31 heavy (non-hydrogen) atoms. The van der Waals surface area contributed by atoms with Gasteiger partial charge in [-0.15, -0.1) is 0 Å². The molecule has 0 N–H and O–H groups in total. The highest BCUT2D eigenvalue weighted by atomic mass is 19.4. The number of alkyl halides is 6. The number of carbonyl (C=O) groups is 1. The molecule has 3 rings (SSSR count). The van der Waals surface area contributed by atoms with Crippen LogP contribution in [0.1, 0.15) is 47.6 Å². The lowest BCUT2D eigenvalue weighted by Crippen LogP contribution is -2.38. The van der Waals surface area contributed by atoms with Gasteiger partial charge in [-0.05, 0) is 42.7 Å². The quantitative estimate of drug-likeness (QED) is 0.409. The van der Waals surface area contributed by atoms with E-state index in [2.05, 4.69) is 0 Å². The van der Waals surface area contributed by atoms with Crippen LogP contribution < -0.4 is 0 Å². The predicted molar refractivity (Wildman–Crippen MR) is 99.0 cm³/mol. The molecule has 1 fully saturated rings. The topological polar surface area (TPSA) is 35.5 Å². The summed E-state index contributed by atoms with van der Waals surface area (Å²) in [5.41, 5.74) is -2.38. The van der Waals surface area contributed by atoms with E-state index in [1.54, 1.807) is 30.3 Å². The monoisotopic (exact) mass is 446 g/mol. The van der Waals surface area contributed by atoms with Crippen molar-refractivity contribution in [2.75, 3.05) is 6.61 Å². The zero-order chi connectivity index (χ0) is 22.8.